The lowest BCUT2D eigenvalue weighted by Gasteiger charge is -2.32. The van der Waals surface area contributed by atoms with E-state index in [1.165, 1.54) is 18.5 Å². The molecule has 0 bridgehead atoms. The Morgan fingerprint density at radius 3 is 3.08 bits per heavy atom. The Morgan fingerprint density at radius 1 is 1.38 bits per heavy atom. The number of methoxy groups -OCH3 is 1. The fourth-order valence-corrected chi connectivity index (χ4v) is 3.21. The molecule has 1 aliphatic heterocycles. The van der Waals surface area contributed by atoms with Crippen molar-refractivity contribution in [2.45, 2.75) is 25.8 Å². The molecule has 1 saturated heterocycles. The zero-order valence-electron chi connectivity index (χ0n) is 14.2. The molecule has 0 unspecified atom stereocenters. The summed E-state index contributed by atoms with van der Waals surface area (Å²) in [6, 6.07) is 4.08. The van der Waals surface area contributed by atoms with Gasteiger partial charge in [-0.1, -0.05) is 0 Å². The quantitative estimate of drug-likeness (QED) is 0.718. The van der Waals surface area contributed by atoms with Gasteiger partial charge in [0.1, 0.15) is 5.82 Å². The standard InChI is InChI=1S/C17H26N6O/c1-24-8-6-19-17-5-4-15(21-22-17)9-14-3-2-7-23(11-14)12-16-10-18-13-20-16/h4-5,10,13-14H,2-3,6-9,11-12H2,1H3,(H,18,20)(H,19,22)/t14-/m0/s1. The molecule has 1 aliphatic rings. The largest absolute Gasteiger partial charge is 0.383 e. The van der Waals surface area contributed by atoms with Crippen molar-refractivity contribution < 1.29 is 4.74 Å². The van der Waals surface area contributed by atoms with Gasteiger partial charge in [-0.05, 0) is 43.9 Å². The lowest BCUT2D eigenvalue weighted by Crippen LogP contribution is -2.36. The summed E-state index contributed by atoms with van der Waals surface area (Å²) in [7, 11) is 1.69. The molecule has 130 valence electrons. The smallest absolute Gasteiger partial charge is 0.148 e. The SMILES string of the molecule is COCCNc1ccc(C[C@@H]2CCCN(Cc3cnc[nH]3)C2)nn1. The summed E-state index contributed by atoms with van der Waals surface area (Å²) in [6.07, 6.45) is 7.14. The maximum absolute atomic E-state index is 5.01. The van der Waals surface area contributed by atoms with Crippen LogP contribution < -0.4 is 5.32 Å². The first-order valence-electron chi connectivity index (χ1n) is 8.58. The molecule has 7 nitrogen and oxygen atoms in total. The second-order valence-corrected chi connectivity index (χ2v) is 6.35. The van der Waals surface area contributed by atoms with E-state index in [1.54, 1.807) is 13.4 Å². The topological polar surface area (TPSA) is 79.0 Å². The number of anilines is 1. The van der Waals surface area contributed by atoms with E-state index in [0.717, 1.165) is 44.1 Å². The molecule has 1 fully saturated rings. The van der Waals surface area contributed by atoms with Gasteiger partial charge in [-0.15, -0.1) is 5.10 Å². The number of nitrogens with zero attached hydrogens (tertiary/aromatic N) is 4. The van der Waals surface area contributed by atoms with Crippen molar-refractivity contribution in [2.75, 3.05) is 38.7 Å². The predicted molar refractivity (Wildman–Crippen MR) is 92.7 cm³/mol. The van der Waals surface area contributed by atoms with E-state index in [-0.39, 0.29) is 0 Å². The summed E-state index contributed by atoms with van der Waals surface area (Å²) < 4.78 is 5.01. The fraction of sp³-hybridized carbons (Fsp3) is 0.588. The second kappa shape index (κ2) is 8.75. The van der Waals surface area contributed by atoms with Crippen molar-refractivity contribution in [3.8, 4) is 0 Å². The van der Waals surface area contributed by atoms with Crippen molar-refractivity contribution in [1.29, 1.82) is 0 Å². The zero-order chi connectivity index (χ0) is 16.6. The van der Waals surface area contributed by atoms with Gasteiger partial charge in [0, 0.05) is 38.6 Å². The van der Waals surface area contributed by atoms with Gasteiger partial charge in [0.25, 0.3) is 0 Å². The second-order valence-electron chi connectivity index (χ2n) is 6.35. The van der Waals surface area contributed by atoms with E-state index in [9.17, 15) is 0 Å². The third kappa shape index (κ3) is 5.01. The van der Waals surface area contributed by atoms with Gasteiger partial charge in [-0.25, -0.2) is 4.98 Å². The summed E-state index contributed by atoms with van der Waals surface area (Å²) in [5.41, 5.74) is 2.25. The van der Waals surface area contributed by atoms with Gasteiger partial charge in [0.15, 0.2) is 0 Å². The van der Waals surface area contributed by atoms with Gasteiger partial charge in [0.2, 0.25) is 0 Å². The van der Waals surface area contributed by atoms with Crippen LogP contribution >= 0.6 is 0 Å². The van der Waals surface area contributed by atoms with Crippen LogP contribution in [0.25, 0.3) is 0 Å². The van der Waals surface area contributed by atoms with Crippen molar-refractivity contribution >= 4 is 5.82 Å². The van der Waals surface area contributed by atoms with Crippen molar-refractivity contribution in [2.24, 2.45) is 5.92 Å². The Labute approximate surface area is 142 Å². The number of nitrogens with one attached hydrogen (secondary N) is 2. The molecule has 2 aromatic rings. The highest BCUT2D eigenvalue weighted by molar-refractivity contribution is 5.32. The maximum Gasteiger partial charge on any atom is 0.148 e. The molecule has 0 aromatic carbocycles. The van der Waals surface area contributed by atoms with Crippen molar-refractivity contribution in [1.82, 2.24) is 25.1 Å². The average Bonchev–Trinajstić information content (AvgIpc) is 3.10. The first-order chi connectivity index (χ1) is 11.8. The van der Waals surface area contributed by atoms with Crippen molar-refractivity contribution in [3.63, 3.8) is 0 Å². The lowest BCUT2D eigenvalue weighted by molar-refractivity contribution is 0.165. The van der Waals surface area contributed by atoms with Gasteiger partial charge < -0.3 is 15.0 Å². The molecule has 3 heterocycles. The molecule has 2 aromatic heterocycles. The van der Waals surface area contributed by atoms with Crippen LogP contribution in [-0.4, -0.2) is 58.4 Å². The molecule has 1 atom stereocenters. The Bertz CT molecular complexity index is 586. The van der Waals surface area contributed by atoms with Crippen LogP contribution in [0.15, 0.2) is 24.7 Å². The summed E-state index contributed by atoms with van der Waals surface area (Å²) in [6.45, 7) is 4.62. The molecule has 0 radical (unpaired) electrons. The molecular weight excluding hydrogens is 304 g/mol. The number of aromatic nitrogens is 4. The average molecular weight is 330 g/mol. The maximum atomic E-state index is 5.01. The van der Waals surface area contributed by atoms with Gasteiger partial charge in [-0.2, -0.15) is 5.10 Å². The number of H-pyrrole nitrogens is 1. The van der Waals surface area contributed by atoms with Crippen LogP contribution in [0.2, 0.25) is 0 Å². The van der Waals surface area contributed by atoms with E-state index in [0.29, 0.717) is 12.5 Å². The van der Waals surface area contributed by atoms with Gasteiger partial charge in [0.05, 0.1) is 18.6 Å². The summed E-state index contributed by atoms with van der Waals surface area (Å²) in [5.74, 6) is 1.45. The third-order valence-corrected chi connectivity index (χ3v) is 4.38. The summed E-state index contributed by atoms with van der Waals surface area (Å²) >= 11 is 0. The predicted octanol–water partition coefficient (Wildman–Crippen LogP) is 1.71. The number of ether oxygens (including phenoxy) is 1. The highest BCUT2D eigenvalue weighted by Gasteiger charge is 2.21. The monoisotopic (exact) mass is 330 g/mol. The molecule has 2 N–H and O–H groups in total. The van der Waals surface area contributed by atoms with Gasteiger partial charge in [-0.3, -0.25) is 4.90 Å². The first-order valence-corrected chi connectivity index (χ1v) is 8.58. The fourth-order valence-electron chi connectivity index (χ4n) is 3.21. The molecule has 0 saturated carbocycles. The minimum Gasteiger partial charge on any atom is -0.383 e. The molecule has 0 amide bonds. The molecule has 3 rings (SSSR count). The third-order valence-electron chi connectivity index (χ3n) is 4.38. The summed E-state index contributed by atoms with van der Waals surface area (Å²) in [5, 5.41) is 11.8. The Morgan fingerprint density at radius 2 is 2.33 bits per heavy atom. The Kier molecular flexibility index (Phi) is 6.14. The molecule has 7 heteroatoms. The van der Waals surface area contributed by atoms with Crippen molar-refractivity contribution in [3.05, 3.63) is 36.0 Å². The number of rotatable bonds is 8. The van der Waals surface area contributed by atoms with Gasteiger partial charge >= 0.3 is 0 Å². The van der Waals surface area contributed by atoms with Crippen LogP contribution in [0, 0.1) is 5.92 Å². The normalized spacial score (nSPS) is 18.6. The molecule has 0 spiro atoms. The first kappa shape index (κ1) is 16.9. The van der Waals surface area contributed by atoms with Crippen LogP contribution in [0.4, 0.5) is 5.82 Å². The number of hydrogen-bond donors (Lipinski definition) is 2. The molecule has 0 aliphatic carbocycles. The van der Waals surface area contributed by atoms with Crippen LogP contribution in [0.5, 0.6) is 0 Å². The molecule has 24 heavy (non-hydrogen) atoms. The number of hydrogen-bond acceptors (Lipinski definition) is 6. The van der Waals surface area contributed by atoms with E-state index >= 15 is 0 Å². The Hall–Kier alpha value is -1.99. The molecular formula is C17H26N6O. The summed E-state index contributed by atoms with van der Waals surface area (Å²) in [4.78, 5) is 9.78. The number of imidazole rings is 1. The van der Waals surface area contributed by atoms with E-state index in [4.69, 9.17) is 4.74 Å². The lowest BCUT2D eigenvalue weighted by atomic mass is 9.93. The number of likely N-dealkylation sites (tertiary alicyclic amines) is 1. The zero-order valence-corrected chi connectivity index (χ0v) is 14.2. The van der Waals surface area contributed by atoms with Crippen LogP contribution in [0.1, 0.15) is 24.2 Å². The van der Waals surface area contributed by atoms with E-state index < -0.39 is 0 Å². The highest BCUT2D eigenvalue weighted by atomic mass is 16.5. The van der Waals surface area contributed by atoms with E-state index in [2.05, 4.69) is 36.4 Å². The van der Waals surface area contributed by atoms with Crippen LogP contribution in [0.3, 0.4) is 0 Å². The number of piperidine rings is 1. The highest BCUT2D eigenvalue weighted by Crippen LogP contribution is 2.21. The minimum absolute atomic E-state index is 0.642. The minimum atomic E-state index is 0.642. The number of aromatic amines is 1. The Balaban J connectivity index is 1.48. The van der Waals surface area contributed by atoms with E-state index in [1.807, 2.05) is 12.3 Å². The van der Waals surface area contributed by atoms with Crippen LogP contribution in [-0.2, 0) is 17.7 Å².